The number of hydrogen-bond acceptors (Lipinski definition) is 4. The number of amides is 1. The minimum absolute atomic E-state index is 0.0963. The van der Waals surface area contributed by atoms with E-state index in [4.69, 9.17) is 0 Å². The van der Waals surface area contributed by atoms with Crippen LogP contribution in [0.25, 0.3) is 0 Å². The summed E-state index contributed by atoms with van der Waals surface area (Å²) in [6.07, 6.45) is 1.79. The maximum atomic E-state index is 12.0. The molecule has 1 saturated heterocycles. The fourth-order valence-corrected chi connectivity index (χ4v) is 2.32. The Labute approximate surface area is 108 Å². The molecule has 1 amide bonds. The lowest BCUT2D eigenvalue weighted by Gasteiger charge is -2.38. The van der Waals surface area contributed by atoms with Crippen molar-refractivity contribution in [2.45, 2.75) is 25.6 Å². The number of carbonyl (C=O) groups is 1. The molecule has 98 valence electrons. The molecule has 0 aliphatic carbocycles. The van der Waals surface area contributed by atoms with Crippen LogP contribution in [0.5, 0.6) is 0 Å². The Balaban J connectivity index is 2.09. The average Bonchev–Trinajstić information content (AvgIpc) is 2.35. The van der Waals surface area contributed by atoms with Crippen LogP contribution in [-0.4, -0.2) is 48.0 Å². The van der Waals surface area contributed by atoms with E-state index < -0.39 is 0 Å². The van der Waals surface area contributed by atoms with Crippen LogP contribution < -0.4 is 10.6 Å². The molecule has 1 aromatic heterocycles. The lowest BCUT2D eigenvalue weighted by Crippen LogP contribution is -2.61. The van der Waals surface area contributed by atoms with Gasteiger partial charge in [-0.15, -0.1) is 0 Å². The smallest absolute Gasteiger partial charge is 0.238 e. The zero-order valence-electron chi connectivity index (χ0n) is 10.9. The Hall–Kier alpha value is -1.46. The molecule has 0 bridgehead atoms. The van der Waals surface area contributed by atoms with Gasteiger partial charge < -0.3 is 10.6 Å². The number of aromatic nitrogens is 1. The van der Waals surface area contributed by atoms with E-state index in [0.717, 1.165) is 12.2 Å². The van der Waals surface area contributed by atoms with Crippen molar-refractivity contribution in [3.05, 3.63) is 30.1 Å². The first kappa shape index (κ1) is 13.0. The number of nitrogens with zero attached hydrogens (tertiary/aromatic N) is 2. The predicted octanol–water partition coefficient (Wildman–Crippen LogP) is -0.0101. The maximum absolute atomic E-state index is 12.0. The first-order valence-electron chi connectivity index (χ1n) is 6.29. The molecule has 0 radical (unpaired) electrons. The Morgan fingerprint density at radius 1 is 1.56 bits per heavy atom. The van der Waals surface area contributed by atoms with Gasteiger partial charge in [-0.2, -0.15) is 0 Å². The van der Waals surface area contributed by atoms with Crippen LogP contribution in [0.15, 0.2) is 24.4 Å². The molecule has 1 aliphatic rings. The van der Waals surface area contributed by atoms with Gasteiger partial charge in [0.1, 0.15) is 6.04 Å². The highest BCUT2D eigenvalue weighted by Gasteiger charge is 2.32. The second-order valence-corrected chi connectivity index (χ2v) is 4.73. The summed E-state index contributed by atoms with van der Waals surface area (Å²) >= 11 is 0. The molecule has 0 aromatic carbocycles. The molecule has 2 atom stereocenters. The summed E-state index contributed by atoms with van der Waals surface area (Å²) in [5.74, 6) is 0.0963. The number of pyridine rings is 1. The average molecular weight is 248 g/mol. The summed E-state index contributed by atoms with van der Waals surface area (Å²) in [4.78, 5) is 18.5. The molecule has 2 unspecified atom stereocenters. The Morgan fingerprint density at radius 3 is 3.06 bits per heavy atom. The van der Waals surface area contributed by atoms with Gasteiger partial charge in [0.05, 0.1) is 5.69 Å². The van der Waals surface area contributed by atoms with Crippen molar-refractivity contribution in [1.82, 2.24) is 20.5 Å². The van der Waals surface area contributed by atoms with E-state index >= 15 is 0 Å². The van der Waals surface area contributed by atoms with Crippen molar-refractivity contribution >= 4 is 5.91 Å². The first-order valence-corrected chi connectivity index (χ1v) is 6.29. The first-order chi connectivity index (χ1) is 8.70. The highest BCUT2D eigenvalue weighted by Crippen LogP contribution is 2.11. The molecular formula is C13H20N4O. The van der Waals surface area contributed by atoms with Crippen LogP contribution in [0.3, 0.4) is 0 Å². The van der Waals surface area contributed by atoms with E-state index in [9.17, 15) is 4.79 Å². The zero-order valence-corrected chi connectivity index (χ0v) is 10.9. The van der Waals surface area contributed by atoms with E-state index in [-0.39, 0.29) is 18.0 Å². The van der Waals surface area contributed by atoms with Gasteiger partial charge >= 0.3 is 0 Å². The molecule has 1 fully saturated rings. The molecule has 5 heteroatoms. The molecule has 18 heavy (non-hydrogen) atoms. The molecule has 0 saturated carbocycles. The molecule has 0 spiro atoms. The largest absolute Gasteiger partial charge is 0.351 e. The standard InChI is InChI=1S/C13H20N4O/c1-10-8-17(9-11-5-3-4-6-15-11)12(7-14-2)13(18)16-10/h3-6,10,12,14H,7-9H2,1-2H3,(H,16,18). The minimum Gasteiger partial charge on any atom is -0.351 e. The van der Waals surface area contributed by atoms with Gasteiger partial charge in [0.2, 0.25) is 5.91 Å². The van der Waals surface area contributed by atoms with Crippen molar-refractivity contribution in [2.75, 3.05) is 20.1 Å². The van der Waals surface area contributed by atoms with Crippen LogP contribution in [0, 0.1) is 0 Å². The Kier molecular flexibility index (Phi) is 4.28. The van der Waals surface area contributed by atoms with Crippen molar-refractivity contribution < 1.29 is 4.79 Å². The van der Waals surface area contributed by atoms with Gasteiger partial charge in [-0.25, -0.2) is 0 Å². The molecule has 2 rings (SSSR count). The summed E-state index contributed by atoms with van der Waals surface area (Å²) in [7, 11) is 1.87. The second kappa shape index (κ2) is 5.93. The maximum Gasteiger partial charge on any atom is 0.238 e. The van der Waals surface area contributed by atoms with Crippen molar-refractivity contribution in [1.29, 1.82) is 0 Å². The van der Waals surface area contributed by atoms with Gasteiger partial charge in [0, 0.05) is 31.9 Å². The Bertz CT molecular complexity index is 395. The van der Waals surface area contributed by atoms with Crippen LogP contribution in [-0.2, 0) is 11.3 Å². The van der Waals surface area contributed by atoms with Gasteiger partial charge in [-0.1, -0.05) is 6.07 Å². The highest BCUT2D eigenvalue weighted by atomic mass is 16.2. The third kappa shape index (κ3) is 3.05. The van der Waals surface area contributed by atoms with Crippen LogP contribution >= 0.6 is 0 Å². The van der Waals surface area contributed by atoms with Gasteiger partial charge in [0.25, 0.3) is 0 Å². The van der Waals surface area contributed by atoms with E-state index in [2.05, 4.69) is 20.5 Å². The van der Waals surface area contributed by atoms with Crippen LogP contribution in [0.2, 0.25) is 0 Å². The number of hydrogen-bond donors (Lipinski definition) is 2. The zero-order chi connectivity index (χ0) is 13.0. The normalized spacial score (nSPS) is 24.9. The predicted molar refractivity (Wildman–Crippen MR) is 70.0 cm³/mol. The highest BCUT2D eigenvalue weighted by molar-refractivity contribution is 5.83. The van der Waals surface area contributed by atoms with E-state index in [0.29, 0.717) is 13.1 Å². The number of rotatable bonds is 4. The third-order valence-corrected chi connectivity index (χ3v) is 3.13. The van der Waals surface area contributed by atoms with Gasteiger partial charge in [-0.3, -0.25) is 14.7 Å². The molecule has 1 aliphatic heterocycles. The monoisotopic (exact) mass is 248 g/mol. The number of likely N-dealkylation sites (N-methyl/N-ethyl adjacent to an activating group) is 1. The fraction of sp³-hybridized carbons (Fsp3) is 0.538. The summed E-state index contributed by atoms with van der Waals surface area (Å²) < 4.78 is 0. The molecular weight excluding hydrogens is 228 g/mol. The van der Waals surface area contributed by atoms with Gasteiger partial charge in [0.15, 0.2) is 0 Å². The number of piperazine rings is 1. The molecule has 5 nitrogen and oxygen atoms in total. The summed E-state index contributed by atoms with van der Waals surface area (Å²) in [5, 5.41) is 6.06. The third-order valence-electron chi connectivity index (χ3n) is 3.13. The van der Waals surface area contributed by atoms with Crippen LogP contribution in [0.4, 0.5) is 0 Å². The van der Waals surface area contributed by atoms with Gasteiger partial charge in [-0.05, 0) is 26.1 Å². The minimum atomic E-state index is -0.117. The van der Waals surface area contributed by atoms with E-state index in [1.165, 1.54) is 0 Å². The SMILES string of the molecule is CNCC1C(=O)NC(C)CN1Cc1ccccn1. The van der Waals surface area contributed by atoms with E-state index in [1.54, 1.807) is 6.20 Å². The summed E-state index contributed by atoms with van der Waals surface area (Å²) in [5.41, 5.74) is 1.00. The molecule has 1 aromatic rings. The topological polar surface area (TPSA) is 57.3 Å². The van der Waals surface area contributed by atoms with Crippen molar-refractivity contribution in [3.8, 4) is 0 Å². The number of nitrogens with one attached hydrogen (secondary N) is 2. The van der Waals surface area contributed by atoms with E-state index in [1.807, 2.05) is 32.2 Å². The molecule has 2 heterocycles. The lowest BCUT2D eigenvalue weighted by molar-refractivity contribution is -0.130. The summed E-state index contributed by atoms with van der Waals surface area (Å²) in [6.45, 7) is 4.25. The fourth-order valence-electron chi connectivity index (χ4n) is 2.32. The quantitative estimate of drug-likeness (QED) is 0.787. The number of carbonyl (C=O) groups excluding carboxylic acids is 1. The lowest BCUT2D eigenvalue weighted by atomic mass is 10.1. The van der Waals surface area contributed by atoms with Crippen LogP contribution in [0.1, 0.15) is 12.6 Å². The second-order valence-electron chi connectivity index (χ2n) is 4.73. The van der Waals surface area contributed by atoms with Crippen molar-refractivity contribution in [2.24, 2.45) is 0 Å². The van der Waals surface area contributed by atoms with Crippen molar-refractivity contribution in [3.63, 3.8) is 0 Å². The Morgan fingerprint density at radius 2 is 2.39 bits per heavy atom. The summed E-state index contributed by atoms with van der Waals surface area (Å²) in [6, 6.07) is 5.94. The molecule has 2 N–H and O–H groups in total.